The summed E-state index contributed by atoms with van der Waals surface area (Å²) in [5, 5.41) is 0.837. The standard InChI is InChI=1S/C16H21N3O2S.ClH/c1-12(17)14-7-4-10-19(11-14)22(20,21)15-8-2-5-13-6-3-9-18-16(13)15;/h2-3,5-6,8-9,12,14H,4,7,10-11,17H2,1H3;1H. The van der Waals surface area contributed by atoms with Crippen LogP contribution >= 0.6 is 12.4 Å². The highest BCUT2D eigenvalue weighted by Gasteiger charge is 2.32. The van der Waals surface area contributed by atoms with Crippen molar-refractivity contribution in [2.75, 3.05) is 13.1 Å². The number of pyridine rings is 1. The number of para-hydroxylation sites is 1. The summed E-state index contributed by atoms with van der Waals surface area (Å²) in [5.41, 5.74) is 6.50. The molecule has 2 N–H and O–H groups in total. The van der Waals surface area contributed by atoms with E-state index in [-0.39, 0.29) is 29.3 Å². The minimum atomic E-state index is -3.54. The quantitative estimate of drug-likeness (QED) is 0.917. The average molecular weight is 356 g/mol. The third-order valence-corrected chi connectivity index (χ3v) is 6.27. The topological polar surface area (TPSA) is 76.3 Å². The van der Waals surface area contributed by atoms with Crippen molar-refractivity contribution in [2.24, 2.45) is 11.7 Å². The van der Waals surface area contributed by atoms with E-state index in [2.05, 4.69) is 4.98 Å². The lowest BCUT2D eigenvalue weighted by Crippen LogP contribution is -2.45. The Morgan fingerprint density at radius 1 is 1.30 bits per heavy atom. The molecule has 7 heteroatoms. The first kappa shape index (κ1) is 18.1. The molecule has 0 amide bonds. The number of nitrogens with two attached hydrogens (primary N) is 1. The van der Waals surface area contributed by atoms with Crippen LogP contribution in [-0.4, -0.2) is 36.8 Å². The maximum atomic E-state index is 13.0. The third-order valence-electron chi connectivity index (χ3n) is 4.38. The number of rotatable bonds is 3. The van der Waals surface area contributed by atoms with Gasteiger partial charge in [0.25, 0.3) is 0 Å². The zero-order valence-corrected chi connectivity index (χ0v) is 14.7. The summed E-state index contributed by atoms with van der Waals surface area (Å²) in [6, 6.07) is 8.98. The first-order valence-corrected chi connectivity index (χ1v) is 9.03. The molecule has 23 heavy (non-hydrogen) atoms. The van der Waals surface area contributed by atoms with Gasteiger partial charge < -0.3 is 5.73 Å². The van der Waals surface area contributed by atoms with Crippen LogP contribution in [0.15, 0.2) is 41.4 Å². The van der Waals surface area contributed by atoms with Gasteiger partial charge in [0.15, 0.2) is 0 Å². The fourth-order valence-corrected chi connectivity index (χ4v) is 4.75. The van der Waals surface area contributed by atoms with E-state index in [4.69, 9.17) is 5.73 Å². The number of hydrogen-bond acceptors (Lipinski definition) is 4. The van der Waals surface area contributed by atoms with Crippen molar-refractivity contribution in [3.8, 4) is 0 Å². The van der Waals surface area contributed by atoms with E-state index in [0.29, 0.717) is 18.6 Å². The molecule has 126 valence electrons. The maximum Gasteiger partial charge on any atom is 0.245 e. The van der Waals surface area contributed by atoms with Gasteiger partial charge in [-0.15, -0.1) is 12.4 Å². The van der Waals surface area contributed by atoms with Gasteiger partial charge in [0, 0.05) is 30.7 Å². The van der Waals surface area contributed by atoms with Crippen LogP contribution in [0.2, 0.25) is 0 Å². The summed E-state index contributed by atoms with van der Waals surface area (Å²) in [6.45, 7) is 2.98. The predicted molar refractivity (Wildman–Crippen MR) is 94.1 cm³/mol. The third kappa shape index (κ3) is 3.50. The minimum Gasteiger partial charge on any atom is -0.328 e. The molecule has 1 aliphatic rings. The molecule has 5 nitrogen and oxygen atoms in total. The van der Waals surface area contributed by atoms with E-state index in [1.807, 2.05) is 25.1 Å². The molecule has 1 saturated heterocycles. The molecule has 2 unspecified atom stereocenters. The van der Waals surface area contributed by atoms with Gasteiger partial charge in [0.05, 0.1) is 5.52 Å². The van der Waals surface area contributed by atoms with Crippen molar-refractivity contribution < 1.29 is 8.42 Å². The average Bonchev–Trinajstić information content (AvgIpc) is 2.54. The Morgan fingerprint density at radius 2 is 2.04 bits per heavy atom. The van der Waals surface area contributed by atoms with E-state index in [1.165, 1.54) is 0 Å². The predicted octanol–water partition coefficient (Wildman–Crippen LogP) is 2.40. The first-order chi connectivity index (χ1) is 10.5. The molecular formula is C16H22ClN3O2S. The van der Waals surface area contributed by atoms with E-state index < -0.39 is 10.0 Å². The Balaban J connectivity index is 0.00000192. The second-order valence-electron chi connectivity index (χ2n) is 5.96. The maximum absolute atomic E-state index is 13.0. The molecule has 0 bridgehead atoms. The number of fused-ring (bicyclic) bond motifs is 1. The number of benzene rings is 1. The Hall–Kier alpha value is -1.21. The van der Waals surface area contributed by atoms with Gasteiger partial charge in [-0.2, -0.15) is 4.31 Å². The van der Waals surface area contributed by atoms with Crippen LogP contribution in [0.1, 0.15) is 19.8 Å². The monoisotopic (exact) mass is 355 g/mol. The highest BCUT2D eigenvalue weighted by molar-refractivity contribution is 7.89. The second kappa shape index (κ2) is 7.13. The number of halogens is 1. The van der Waals surface area contributed by atoms with Gasteiger partial charge in [-0.25, -0.2) is 8.42 Å². The Morgan fingerprint density at radius 3 is 2.78 bits per heavy atom. The molecule has 2 heterocycles. The van der Waals surface area contributed by atoms with Crippen molar-refractivity contribution in [1.29, 1.82) is 0 Å². The summed E-state index contributed by atoms with van der Waals surface area (Å²) >= 11 is 0. The zero-order valence-electron chi connectivity index (χ0n) is 13.1. The van der Waals surface area contributed by atoms with Gasteiger partial charge in [0.2, 0.25) is 10.0 Å². The first-order valence-electron chi connectivity index (χ1n) is 7.59. The molecule has 0 radical (unpaired) electrons. The number of piperidine rings is 1. The highest BCUT2D eigenvalue weighted by Crippen LogP contribution is 2.28. The van der Waals surface area contributed by atoms with Gasteiger partial charge in [-0.1, -0.05) is 18.2 Å². The summed E-state index contributed by atoms with van der Waals surface area (Å²) in [5.74, 6) is 0.214. The molecular weight excluding hydrogens is 334 g/mol. The van der Waals surface area contributed by atoms with Crippen LogP contribution in [-0.2, 0) is 10.0 Å². The number of nitrogens with zero attached hydrogens (tertiary/aromatic N) is 2. The SMILES string of the molecule is CC(N)C1CCCN(S(=O)(=O)c2cccc3cccnc23)C1.Cl. The van der Waals surface area contributed by atoms with E-state index in [9.17, 15) is 8.42 Å². The van der Waals surface area contributed by atoms with Gasteiger partial charge in [-0.05, 0) is 37.8 Å². The molecule has 1 aliphatic heterocycles. The molecule has 1 aromatic carbocycles. The van der Waals surface area contributed by atoms with Crippen LogP contribution in [0.5, 0.6) is 0 Å². The van der Waals surface area contributed by atoms with Crippen LogP contribution < -0.4 is 5.73 Å². The number of aromatic nitrogens is 1. The van der Waals surface area contributed by atoms with Crippen molar-refractivity contribution in [3.63, 3.8) is 0 Å². The molecule has 2 atom stereocenters. The van der Waals surface area contributed by atoms with Gasteiger partial charge in [0.1, 0.15) is 4.90 Å². The van der Waals surface area contributed by atoms with E-state index >= 15 is 0 Å². The van der Waals surface area contributed by atoms with Crippen molar-refractivity contribution in [3.05, 3.63) is 36.5 Å². The van der Waals surface area contributed by atoms with Crippen LogP contribution in [0.3, 0.4) is 0 Å². The Kier molecular flexibility index (Phi) is 5.62. The lowest BCUT2D eigenvalue weighted by molar-refractivity contribution is 0.243. The van der Waals surface area contributed by atoms with Gasteiger partial charge in [-0.3, -0.25) is 4.98 Å². The van der Waals surface area contributed by atoms with Crippen LogP contribution in [0.25, 0.3) is 10.9 Å². The molecule has 0 aliphatic carbocycles. The molecule has 3 rings (SSSR count). The Bertz CT molecular complexity index is 774. The molecule has 0 spiro atoms. The van der Waals surface area contributed by atoms with Crippen molar-refractivity contribution in [2.45, 2.75) is 30.7 Å². The lowest BCUT2D eigenvalue weighted by Gasteiger charge is -2.33. The fraction of sp³-hybridized carbons (Fsp3) is 0.438. The van der Waals surface area contributed by atoms with Crippen LogP contribution in [0, 0.1) is 5.92 Å². The number of hydrogen-bond donors (Lipinski definition) is 1. The van der Waals surface area contributed by atoms with Crippen molar-refractivity contribution in [1.82, 2.24) is 9.29 Å². The Labute approximate surface area is 143 Å². The summed E-state index contributed by atoms with van der Waals surface area (Å²) in [6.07, 6.45) is 3.46. The molecule has 0 saturated carbocycles. The van der Waals surface area contributed by atoms with Gasteiger partial charge >= 0.3 is 0 Å². The van der Waals surface area contributed by atoms with Crippen LogP contribution in [0.4, 0.5) is 0 Å². The smallest absolute Gasteiger partial charge is 0.245 e. The molecule has 1 aromatic heterocycles. The summed E-state index contributed by atoms with van der Waals surface area (Å²) in [4.78, 5) is 4.55. The molecule has 2 aromatic rings. The van der Waals surface area contributed by atoms with E-state index in [0.717, 1.165) is 18.2 Å². The van der Waals surface area contributed by atoms with E-state index in [1.54, 1.807) is 22.6 Å². The summed E-state index contributed by atoms with van der Waals surface area (Å²) < 4.78 is 27.6. The van der Waals surface area contributed by atoms with Crippen molar-refractivity contribution >= 4 is 33.3 Å². The highest BCUT2D eigenvalue weighted by atomic mass is 35.5. The number of sulfonamides is 1. The molecule has 1 fully saturated rings. The normalized spacial score (nSPS) is 20.9. The summed E-state index contributed by atoms with van der Waals surface area (Å²) in [7, 11) is -3.54. The lowest BCUT2D eigenvalue weighted by atomic mass is 9.93. The largest absolute Gasteiger partial charge is 0.328 e. The fourth-order valence-electron chi connectivity index (χ4n) is 3.04. The zero-order chi connectivity index (χ0) is 15.7. The minimum absolute atomic E-state index is 0. The second-order valence-corrected chi connectivity index (χ2v) is 7.86.